The molecule has 1 atom stereocenters. The Bertz CT molecular complexity index is 548. The quantitative estimate of drug-likeness (QED) is 0.861. The number of aromatic nitrogens is 2. The lowest BCUT2D eigenvalue weighted by Crippen LogP contribution is -2.20. The summed E-state index contributed by atoms with van der Waals surface area (Å²) in [7, 11) is 0. The van der Waals surface area contributed by atoms with Crippen LogP contribution in [0.1, 0.15) is 43.8 Å². The van der Waals surface area contributed by atoms with E-state index >= 15 is 0 Å². The molecule has 3 nitrogen and oxygen atoms in total. The molecule has 108 valence electrons. The first-order valence-electron chi connectivity index (χ1n) is 7.19. The van der Waals surface area contributed by atoms with Gasteiger partial charge >= 0.3 is 0 Å². The first-order chi connectivity index (χ1) is 9.67. The average molecular weight is 336 g/mol. The van der Waals surface area contributed by atoms with E-state index in [2.05, 4.69) is 76.1 Å². The summed E-state index contributed by atoms with van der Waals surface area (Å²) in [5.41, 5.74) is 3.67. The molecule has 1 aromatic heterocycles. The van der Waals surface area contributed by atoms with Crippen molar-refractivity contribution in [2.24, 2.45) is 0 Å². The van der Waals surface area contributed by atoms with Crippen molar-refractivity contribution in [3.8, 4) is 0 Å². The Morgan fingerprint density at radius 3 is 2.55 bits per heavy atom. The third-order valence-electron chi connectivity index (χ3n) is 3.57. The molecular formula is C16H22BrN3. The van der Waals surface area contributed by atoms with E-state index in [0.717, 1.165) is 29.7 Å². The average Bonchev–Trinajstić information content (AvgIpc) is 2.81. The highest BCUT2D eigenvalue weighted by Crippen LogP contribution is 2.23. The number of nitrogens with one attached hydrogen (secondary N) is 1. The molecule has 0 saturated heterocycles. The summed E-state index contributed by atoms with van der Waals surface area (Å²) in [6, 6.07) is 10.8. The second-order valence-corrected chi connectivity index (χ2v) is 5.68. The van der Waals surface area contributed by atoms with Crippen molar-refractivity contribution in [2.75, 3.05) is 0 Å². The molecule has 1 N–H and O–H groups in total. The van der Waals surface area contributed by atoms with Crippen molar-refractivity contribution in [2.45, 2.75) is 46.3 Å². The summed E-state index contributed by atoms with van der Waals surface area (Å²) in [5, 5.41) is 8.20. The summed E-state index contributed by atoms with van der Waals surface area (Å²) < 4.78 is 3.22. The van der Waals surface area contributed by atoms with Crippen molar-refractivity contribution in [1.82, 2.24) is 15.1 Å². The van der Waals surface area contributed by atoms with Gasteiger partial charge in [0.2, 0.25) is 0 Å². The van der Waals surface area contributed by atoms with Gasteiger partial charge in [-0.1, -0.05) is 37.3 Å². The molecule has 0 amide bonds. The van der Waals surface area contributed by atoms with Gasteiger partial charge in [0.15, 0.2) is 0 Å². The molecule has 0 aliphatic rings. The summed E-state index contributed by atoms with van der Waals surface area (Å²) in [6.45, 7) is 8.17. The van der Waals surface area contributed by atoms with Crippen LogP contribution in [0.25, 0.3) is 0 Å². The number of hydrogen-bond donors (Lipinski definition) is 1. The van der Waals surface area contributed by atoms with Gasteiger partial charge in [-0.25, -0.2) is 0 Å². The number of aryl methyl sites for hydroxylation is 2. The Balaban J connectivity index is 2.09. The van der Waals surface area contributed by atoms with Gasteiger partial charge in [-0.15, -0.1) is 0 Å². The second-order valence-electron chi connectivity index (χ2n) is 4.89. The Labute approximate surface area is 129 Å². The summed E-state index contributed by atoms with van der Waals surface area (Å²) in [6.07, 6.45) is 0.953. The van der Waals surface area contributed by atoms with Crippen LogP contribution in [-0.2, 0) is 19.5 Å². The highest BCUT2D eigenvalue weighted by Gasteiger charge is 2.14. The maximum Gasteiger partial charge on any atom is 0.0767 e. The zero-order chi connectivity index (χ0) is 14.5. The van der Waals surface area contributed by atoms with Crippen molar-refractivity contribution in [3.63, 3.8) is 0 Å². The molecule has 0 unspecified atom stereocenters. The predicted molar refractivity (Wildman–Crippen MR) is 86.7 cm³/mol. The fourth-order valence-electron chi connectivity index (χ4n) is 2.30. The van der Waals surface area contributed by atoms with Gasteiger partial charge in [-0.2, -0.15) is 5.10 Å². The maximum absolute atomic E-state index is 4.63. The Hall–Kier alpha value is -1.13. The lowest BCUT2D eigenvalue weighted by atomic mass is 10.1. The van der Waals surface area contributed by atoms with Crippen molar-refractivity contribution in [1.29, 1.82) is 0 Å². The van der Waals surface area contributed by atoms with Crippen molar-refractivity contribution >= 4 is 15.9 Å². The van der Waals surface area contributed by atoms with Crippen LogP contribution < -0.4 is 5.32 Å². The van der Waals surface area contributed by atoms with E-state index in [-0.39, 0.29) is 0 Å². The zero-order valence-corrected chi connectivity index (χ0v) is 13.9. The minimum atomic E-state index is 0.327. The molecular weight excluding hydrogens is 314 g/mol. The predicted octanol–water partition coefficient (Wildman–Crippen LogP) is 4.08. The van der Waals surface area contributed by atoms with E-state index in [0.29, 0.717) is 6.04 Å². The van der Waals surface area contributed by atoms with Gasteiger partial charge in [0, 0.05) is 19.1 Å². The van der Waals surface area contributed by atoms with E-state index in [1.807, 2.05) is 6.07 Å². The van der Waals surface area contributed by atoms with E-state index in [4.69, 9.17) is 0 Å². The first-order valence-corrected chi connectivity index (χ1v) is 7.99. The zero-order valence-electron chi connectivity index (χ0n) is 12.4. The molecule has 0 fully saturated rings. The molecule has 1 aromatic carbocycles. The van der Waals surface area contributed by atoms with Gasteiger partial charge in [0.25, 0.3) is 0 Å². The molecule has 0 radical (unpaired) electrons. The van der Waals surface area contributed by atoms with Crippen LogP contribution in [0, 0.1) is 0 Å². The number of nitrogens with zero attached hydrogens (tertiary/aromatic N) is 2. The summed E-state index contributed by atoms with van der Waals surface area (Å²) in [5.74, 6) is 0. The van der Waals surface area contributed by atoms with Crippen LogP contribution in [-0.4, -0.2) is 9.78 Å². The molecule has 20 heavy (non-hydrogen) atoms. The lowest BCUT2D eigenvalue weighted by molar-refractivity contribution is 0.529. The Morgan fingerprint density at radius 2 is 1.95 bits per heavy atom. The summed E-state index contributed by atoms with van der Waals surface area (Å²) in [4.78, 5) is 0. The number of halogens is 1. The third-order valence-corrected chi connectivity index (χ3v) is 4.48. The molecule has 0 aliphatic carbocycles. The second kappa shape index (κ2) is 7.04. The molecule has 1 heterocycles. The van der Waals surface area contributed by atoms with Crippen LogP contribution in [0.15, 0.2) is 34.8 Å². The minimum absolute atomic E-state index is 0.327. The fraction of sp³-hybridized carbons (Fsp3) is 0.438. The van der Waals surface area contributed by atoms with Gasteiger partial charge in [0.1, 0.15) is 0 Å². The molecule has 0 bridgehead atoms. The first kappa shape index (κ1) is 15.3. The van der Waals surface area contributed by atoms with Crippen LogP contribution in [0.5, 0.6) is 0 Å². The highest BCUT2D eigenvalue weighted by atomic mass is 79.9. The van der Waals surface area contributed by atoms with Crippen LogP contribution in [0.3, 0.4) is 0 Å². The monoisotopic (exact) mass is 335 g/mol. The highest BCUT2D eigenvalue weighted by molar-refractivity contribution is 9.10. The normalized spacial score (nSPS) is 12.6. The largest absolute Gasteiger partial charge is 0.305 e. The van der Waals surface area contributed by atoms with Gasteiger partial charge in [0.05, 0.1) is 15.9 Å². The molecule has 0 aliphatic heterocycles. The topological polar surface area (TPSA) is 29.9 Å². The van der Waals surface area contributed by atoms with Gasteiger partial charge in [-0.3, -0.25) is 4.68 Å². The molecule has 2 rings (SSSR count). The smallest absolute Gasteiger partial charge is 0.0767 e. The number of benzene rings is 1. The minimum Gasteiger partial charge on any atom is -0.305 e. The van der Waals surface area contributed by atoms with Crippen LogP contribution >= 0.6 is 15.9 Å². The van der Waals surface area contributed by atoms with Crippen molar-refractivity contribution < 1.29 is 0 Å². The van der Waals surface area contributed by atoms with Gasteiger partial charge < -0.3 is 5.32 Å². The van der Waals surface area contributed by atoms with E-state index in [1.165, 1.54) is 11.3 Å². The fourth-order valence-corrected chi connectivity index (χ4v) is 3.00. The molecule has 0 spiro atoms. The Kier molecular flexibility index (Phi) is 5.38. The lowest BCUT2D eigenvalue weighted by Gasteiger charge is -2.15. The van der Waals surface area contributed by atoms with Crippen molar-refractivity contribution in [3.05, 3.63) is 51.8 Å². The van der Waals surface area contributed by atoms with E-state index in [9.17, 15) is 0 Å². The Morgan fingerprint density at radius 1 is 1.25 bits per heavy atom. The summed E-state index contributed by atoms with van der Waals surface area (Å²) >= 11 is 3.69. The van der Waals surface area contributed by atoms with E-state index < -0.39 is 0 Å². The van der Waals surface area contributed by atoms with Gasteiger partial charge in [-0.05, 0) is 41.8 Å². The standard InChI is InChI=1S/C16H22BrN3/c1-4-14-16(17)15(20(5-2)19-14)11-18-12(3)13-9-7-6-8-10-13/h6-10,12,18H,4-5,11H2,1-3H3/t12-/m1/s1. The number of rotatable bonds is 6. The SMILES string of the molecule is CCc1nn(CC)c(CN[C@H](C)c2ccccc2)c1Br. The molecule has 0 saturated carbocycles. The number of hydrogen-bond acceptors (Lipinski definition) is 2. The van der Waals surface area contributed by atoms with Crippen LogP contribution in [0.2, 0.25) is 0 Å². The maximum atomic E-state index is 4.63. The third kappa shape index (κ3) is 3.30. The van der Waals surface area contributed by atoms with Crippen LogP contribution in [0.4, 0.5) is 0 Å². The molecule has 2 aromatic rings. The molecule has 4 heteroatoms. The van der Waals surface area contributed by atoms with E-state index in [1.54, 1.807) is 0 Å².